The summed E-state index contributed by atoms with van der Waals surface area (Å²) in [5.74, 6) is 0.963. The van der Waals surface area contributed by atoms with Gasteiger partial charge >= 0.3 is 5.97 Å². The number of oxazole rings is 1. The molecule has 0 unspecified atom stereocenters. The van der Waals surface area contributed by atoms with Crippen molar-refractivity contribution >= 4 is 16.7 Å². The smallest absolute Gasteiger partial charge is 0.312 e. The van der Waals surface area contributed by atoms with Crippen LogP contribution in [-0.2, 0) is 22.6 Å². The van der Waals surface area contributed by atoms with Gasteiger partial charge in [0.25, 0.3) is 0 Å². The van der Waals surface area contributed by atoms with Crippen LogP contribution in [0.1, 0.15) is 11.3 Å². The summed E-state index contributed by atoms with van der Waals surface area (Å²) < 4.78 is 16.1. The maximum absolute atomic E-state index is 12.2. The minimum atomic E-state index is -0.345. The molecule has 3 aromatic carbocycles. The van der Waals surface area contributed by atoms with Gasteiger partial charge in [0.1, 0.15) is 18.6 Å². The highest BCUT2D eigenvalue weighted by Crippen LogP contribution is 2.22. The molecule has 4 aromatic rings. The molecule has 0 amide bonds. The van der Waals surface area contributed by atoms with E-state index in [0.717, 1.165) is 27.6 Å². The standard InChI is InChI=1S/C23H19NO4/c1-26-21-10-9-18-11-16(7-8-19(18)12-21)14-27-22(25)13-20-15-28-23(24-20)17-5-3-2-4-6-17/h2-12,15H,13-14H2,1H3. The van der Waals surface area contributed by atoms with Crippen molar-refractivity contribution in [2.75, 3.05) is 7.11 Å². The van der Waals surface area contributed by atoms with Gasteiger partial charge in [-0.2, -0.15) is 0 Å². The van der Waals surface area contributed by atoms with Crippen LogP contribution in [-0.4, -0.2) is 18.1 Å². The maximum atomic E-state index is 12.2. The lowest BCUT2D eigenvalue weighted by molar-refractivity contribution is -0.144. The highest BCUT2D eigenvalue weighted by molar-refractivity contribution is 5.84. The monoisotopic (exact) mass is 373 g/mol. The van der Waals surface area contributed by atoms with Gasteiger partial charge in [-0.3, -0.25) is 4.79 Å². The first-order valence-electron chi connectivity index (χ1n) is 8.93. The second-order valence-corrected chi connectivity index (χ2v) is 6.39. The number of hydrogen-bond acceptors (Lipinski definition) is 5. The van der Waals surface area contributed by atoms with E-state index in [-0.39, 0.29) is 19.0 Å². The van der Waals surface area contributed by atoms with Crippen molar-refractivity contribution in [3.05, 3.63) is 84.3 Å². The average Bonchev–Trinajstić information content (AvgIpc) is 3.20. The van der Waals surface area contributed by atoms with Crippen molar-refractivity contribution in [1.29, 1.82) is 0 Å². The molecule has 0 atom stereocenters. The zero-order chi connectivity index (χ0) is 19.3. The molecular weight excluding hydrogens is 354 g/mol. The topological polar surface area (TPSA) is 61.6 Å². The molecule has 0 fully saturated rings. The molecule has 0 spiro atoms. The first kappa shape index (κ1) is 17.8. The van der Waals surface area contributed by atoms with E-state index in [0.29, 0.717) is 11.6 Å². The SMILES string of the molecule is COc1ccc2cc(COC(=O)Cc3coc(-c4ccccc4)n3)ccc2c1. The number of esters is 1. The van der Waals surface area contributed by atoms with Crippen LogP contribution in [0, 0.1) is 0 Å². The fourth-order valence-electron chi connectivity index (χ4n) is 2.95. The number of aromatic nitrogens is 1. The van der Waals surface area contributed by atoms with E-state index in [2.05, 4.69) is 4.98 Å². The molecule has 4 rings (SSSR count). The number of methoxy groups -OCH3 is 1. The number of rotatable bonds is 6. The number of fused-ring (bicyclic) bond motifs is 1. The third kappa shape index (κ3) is 4.04. The number of carbonyl (C=O) groups is 1. The second kappa shape index (κ2) is 7.96. The van der Waals surface area contributed by atoms with Gasteiger partial charge in [-0.15, -0.1) is 0 Å². The fraction of sp³-hybridized carbons (Fsp3) is 0.130. The Labute approximate surface area is 162 Å². The van der Waals surface area contributed by atoms with E-state index < -0.39 is 0 Å². The van der Waals surface area contributed by atoms with Gasteiger partial charge in [0.2, 0.25) is 5.89 Å². The van der Waals surface area contributed by atoms with Crippen LogP contribution < -0.4 is 4.74 Å². The van der Waals surface area contributed by atoms with Crippen LogP contribution in [0.15, 0.2) is 77.4 Å². The molecule has 0 saturated heterocycles. The van der Waals surface area contributed by atoms with Gasteiger partial charge in [0.05, 0.1) is 19.2 Å². The van der Waals surface area contributed by atoms with Gasteiger partial charge in [-0.25, -0.2) is 4.98 Å². The summed E-state index contributed by atoms with van der Waals surface area (Å²) in [6.45, 7) is 0.212. The molecule has 0 radical (unpaired) electrons. The van der Waals surface area contributed by atoms with E-state index in [1.54, 1.807) is 7.11 Å². The first-order valence-corrected chi connectivity index (χ1v) is 8.93. The van der Waals surface area contributed by atoms with E-state index in [1.165, 1.54) is 6.26 Å². The molecule has 140 valence electrons. The molecule has 5 nitrogen and oxygen atoms in total. The van der Waals surface area contributed by atoms with Crippen molar-refractivity contribution in [2.24, 2.45) is 0 Å². The molecule has 1 aromatic heterocycles. The van der Waals surface area contributed by atoms with Crippen LogP contribution in [0.4, 0.5) is 0 Å². The quantitative estimate of drug-likeness (QED) is 0.455. The maximum Gasteiger partial charge on any atom is 0.312 e. The van der Waals surface area contributed by atoms with Crippen molar-refractivity contribution in [2.45, 2.75) is 13.0 Å². The summed E-state index contributed by atoms with van der Waals surface area (Å²) in [4.78, 5) is 16.5. The number of ether oxygens (including phenoxy) is 2. The molecule has 1 heterocycles. The minimum Gasteiger partial charge on any atom is -0.497 e. The number of nitrogens with zero attached hydrogens (tertiary/aromatic N) is 1. The number of benzene rings is 3. The second-order valence-electron chi connectivity index (χ2n) is 6.39. The van der Waals surface area contributed by atoms with E-state index in [9.17, 15) is 4.79 Å². The van der Waals surface area contributed by atoms with Crippen molar-refractivity contribution in [1.82, 2.24) is 4.98 Å². The summed E-state index contributed by atoms with van der Waals surface area (Å²) in [5.41, 5.74) is 2.35. The average molecular weight is 373 g/mol. The van der Waals surface area contributed by atoms with Gasteiger partial charge in [0.15, 0.2) is 0 Å². The summed E-state index contributed by atoms with van der Waals surface area (Å²) in [6, 6.07) is 21.4. The Balaban J connectivity index is 1.37. The molecular formula is C23H19NO4. The Kier molecular flexibility index (Phi) is 5.06. The molecule has 28 heavy (non-hydrogen) atoms. The highest BCUT2D eigenvalue weighted by atomic mass is 16.5. The predicted molar refractivity (Wildman–Crippen MR) is 106 cm³/mol. The first-order chi connectivity index (χ1) is 13.7. The Bertz CT molecular complexity index is 1100. The van der Waals surface area contributed by atoms with Crippen LogP contribution in [0.5, 0.6) is 5.75 Å². The Morgan fingerprint density at radius 1 is 1.00 bits per heavy atom. The van der Waals surface area contributed by atoms with E-state index >= 15 is 0 Å². The molecule has 0 aliphatic rings. The summed E-state index contributed by atoms with van der Waals surface area (Å²) in [6.07, 6.45) is 1.56. The van der Waals surface area contributed by atoms with Crippen LogP contribution in [0.25, 0.3) is 22.2 Å². The van der Waals surface area contributed by atoms with Gasteiger partial charge in [0, 0.05) is 5.56 Å². The summed E-state index contributed by atoms with van der Waals surface area (Å²) >= 11 is 0. The van der Waals surface area contributed by atoms with Crippen molar-refractivity contribution in [3.8, 4) is 17.2 Å². The van der Waals surface area contributed by atoms with Crippen LogP contribution in [0.3, 0.4) is 0 Å². The molecule has 0 bridgehead atoms. The zero-order valence-corrected chi connectivity index (χ0v) is 15.4. The number of hydrogen-bond donors (Lipinski definition) is 0. The lowest BCUT2D eigenvalue weighted by Gasteiger charge is -2.07. The van der Waals surface area contributed by atoms with Crippen LogP contribution >= 0.6 is 0 Å². The van der Waals surface area contributed by atoms with Gasteiger partial charge in [-0.1, -0.05) is 36.4 Å². The van der Waals surface area contributed by atoms with Gasteiger partial charge < -0.3 is 13.9 Å². The van der Waals surface area contributed by atoms with Gasteiger partial charge in [-0.05, 0) is 46.7 Å². The Morgan fingerprint density at radius 2 is 1.79 bits per heavy atom. The highest BCUT2D eigenvalue weighted by Gasteiger charge is 2.11. The zero-order valence-electron chi connectivity index (χ0n) is 15.4. The van der Waals surface area contributed by atoms with Crippen molar-refractivity contribution < 1.29 is 18.7 Å². The molecule has 0 aliphatic carbocycles. The predicted octanol–water partition coefficient (Wildman–Crippen LogP) is 4.79. The van der Waals surface area contributed by atoms with Crippen molar-refractivity contribution in [3.63, 3.8) is 0 Å². The minimum absolute atomic E-state index is 0.0705. The molecule has 0 saturated carbocycles. The van der Waals surface area contributed by atoms with Crippen LogP contribution in [0.2, 0.25) is 0 Å². The normalized spacial score (nSPS) is 10.8. The third-order valence-electron chi connectivity index (χ3n) is 4.41. The summed E-state index contributed by atoms with van der Waals surface area (Å²) in [5, 5.41) is 2.14. The lowest BCUT2D eigenvalue weighted by Crippen LogP contribution is -2.08. The summed E-state index contributed by atoms with van der Waals surface area (Å²) in [7, 11) is 1.65. The largest absolute Gasteiger partial charge is 0.497 e. The molecule has 0 aliphatic heterocycles. The number of carbonyl (C=O) groups excluding carboxylic acids is 1. The third-order valence-corrected chi connectivity index (χ3v) is 4.41. The Hall–Kier alpha value is -3.60. The lowest BCUT2D eigenvalue weighted by atomic mass is 10.1. The fourth-order valence-corrected chi connectivity index (χ4v) is 2.95. The van der Waals surface area contributed by atoms with E-state index in [4.69, 9.17) is 13.9 Å². The Morgan fingerprint density at radius 3 is 2.61 bits per heavy atom. The molecule has 5 heteroatoms. The molecule has 0 N–H and O–H groups in total. The van der Waals surface area contributed by atoms with E-state index in [1.807, 2.05) is 66.7 Å².